The molecule has 0 bridgehead atoms. The number of aromatic hydroxyl groups is 1. The summed E-state index contributed by atoms with van der Waals surface area (Å²) in [4.78, 5) is 11.1. The number of hydrogen-bond acceptors (Lipinski definition) is 2. The molecular weight excluding hydrogens is 308 g/mol. The Kier molecular flexibility index (Phi) is 4.22. The normalized spacial score (nSPS) is 12.1. The summed E-state index contributed by atoms with van der Waals surface area (Å²) in [6.45, 7) is 0. The van der Waals surface area contributed by atoms with E-state index in [1.54, 1.807) is 18.2 Å². The molecule has 0 saturated carbocycles. The third kappa shape index (κ3) is 3.35. The van der Waals surface area contributed by atoms with Crippen molar-refractivity contribution in [1.29, 1.82) is 0 Å². The standard InChI is InChI=1S/C15H13BrO3/c16-11-6-7-14(17)13(8-11)12(9-15(18)19)10-4-2-1-3-5-10/h1-8,12,17H,9H2,(H,18,19)/t12-/m1/s1. The first-order chi connectivity index (χ1) is 9.08. The molecule has 0 aromatic heterocycles. The number of benzene rings is 2. The minimum absolute atomic E-state index is 0.0615. The first kappa shape index (κ1) is 13.6. The molecule has 2 aromatic carbocycles. The molecule has 0 amide bonds. The van der Waals surface area contributed by atoms with Crippen LogP contribution >= 0.6 is 15.9 Å². The zero-order valence-corrected chi connectivity index (χ0v) is 11.7. The Morgan fingerprint density at radius 1 is 1.16 bits per heavy atom. The Balaban J connectivity index is 2.48. The van der Waals surface area contributed by atoms with E-state index < -0.39 is 5.97 Å². The highest BCUT2D eigenvalue weighted by Crippen LogP contribution is 2.35. The number of phenols is 1. The minimum atomic E-state index is -0.895. The highest BCUT2D eigenvalue weighted by atomic mass is 79.9. The predicted molar refractivity (Wildman–Crippen MR) is 76.3 cm³/mol. The van der Waals surface area contributed by atoms with Gasteiger partial charge in [0.2, 0.25) is 0 Å². The quantitative estimate of drug-likeness (QED) is 0.901. The van der Waals surface area contributed by atoms with Gasteiger partial charge >= 0.3 is 5.97 Å². The fourth-order valence-corrected chi connectivity index (χ4v) is 2.45. The summed E-state index contributed by atoms with van der Waals surface area (Å²) in [5.41, 5.74) is 1.49. The fraction of sp³-hybridized carbons (Fsp3) is 0.133. The molecule has 98 valence electrons. The van der Waals surface area contributed by atoms with Gasteiger partial charge in [-0.05, 0) is 23.8 Å². The van der Waals surface area contributed by atoms with Gasteiger partial charge in [-0.2, -0.15) is 0 Å². The van der Waals surface area contributed by atoms with Crippen molar-refractivity contribution < 1.29 is 15.0 Å². The van der Waals surface area contributed by atoms with Crippen molar-refractivity contribution in [2.45, 2.75) is 12.3 Å². The zero-order valence-electron chi connectivity index (χ0n) is 10.1. The van der Waals surface area contributed by atoms with Crippen LogP contribution in [0.15, 0.2) is 53.0 Å². The van der Waals surface area contributed by atoms with Gasteiger partial charge in [0.05, 0.1) is 6.42 Å². The summed E-state index contributed by atoms with van der Waals surface area (Å²) in [7, 11) is 0. The molecule has 0 saturated heterocycles. The number of carboxylic acids is 1. The molecule has 0 radical (unpaired) electrons. The molecule has 4 heteroatoms. The molecule has 2 rings (SSSR count). The predicted octanol–water partition coefficient (Wildman–Crippen LogP) is 3.76. The van der Waals surface area contributed by atoms with E-state index in [1.165, 1.54) is 0 Å². The van der Waals surface area contributed by atoms with Crippen LogP contribution in [0.4, 0.5) is 0 Å². The smallest absolute Gasteiger partial charge is 0.304 e. The van der Waals surface area contributed by atoms with E-state index in [2.05, 4.69) is 15.9 Å². The van der Waals surface area contributed by atoms with Crippen LogP contribution in [0.25, 0.3) is 0 Å². The zero-order chi connectivity index (χ0) is 13.8. The number of halogens is 1. The molecule has 2 N–H and O–H groups in total. The van der Waals surface area contributed by atoms with E-state index in [0.29, 0.717) is 5.56 Å². The van der Waals surface area contributed by atoms with Crippen molar-refractivity contribution >= 4 is 21.9 Å². The lowest BCUT2D eigenvalue weighted by Gasteiger charge is -2.17. The van der Waals surface area contributed by atoms with Gasteiger partial charge in [-0.25, -0.2) is 0 Å². The van der Waals surface area contributed by atoms with Gasteiger partial charge < -0.3 is 10.2 Å². The second-order valence-electron chi connectivity index (χ2n) is 4.26. The largest absolute Gasteiger partial charge is 0.508 e. The average molecular weight is 321 g/mol. The van der Waals surface area contributed by atoms with Crippen LogP contribution in [0.5, 0.6) is 5.75 Å². The number of rotatable bonds is 4. The van der Waals surface area contributed by atoms with Crippen LogP contribution in [0.3, 0.4) is 0 Å². The highest BCUT2D eigenvalue weighted by molar-refractivity contribution is 9.10. The number of aliphatic carboxylic acids is 1. The molecule has 0 aliphatic heterocycles. The summed E-state index contributed by atoms with van der Waals surface area (Å²) >= 11 is 3.34. The topological polar surface area (TPSA) is 57.5 Å². The Morgan fingerprint density at radius 3 is 2.47 bits per heavy atom. The first-order valence-corrected chi connectivity index (χ1v) is 6.62. The molecule has 0 heterocycles. The van der Waals surface area contributed by atoms with Crippen LogP contribution in [-0.4, -0.2) is 16.2 Å². The van der Waals surface area contributed by atoms with Crippen LogP contribution in [0.2, 0.25) is 0 Å². The summed E-state index contributed by atoms with van der Waals surface area (Å²) in [5.74, 6) is -1.15. The van der Waals surface area contributed by atoms with Gasteiger partial charge in [-0.1, -0.05) is 46.3 Å². The molecule has 0 unspecified atom stereocenters. The molecule has 0 aliphatic rings. The van der Waals surface area contributed by atoms with Crippen molar-refractivity contribution in [2.24, 2.45) is 0 Å². The Labute approximate surface area is 119 Å². The van der Waals surface area contributed by atoms with Gasteiger partial charge in [0, 0.05) is 16.0 Å². The molecule has 0 spiro atoms. The van der Waals surface area contributed by atoms with Crippen molar-refractivity contribution in [3.63, 3.8) is 0 Å². The van der Waals surface area contributed by atoms with Crippen LogP contribution in [0, 0.1) is 0 Å². The van der Waals surface area contributed by atoms with E-state index in [0.717, 1.165) is 10.0 Å². The van der Waals surface area contributed by atoms with Gasteiger partial charge in [-0.15, -0.1) is 0 Å². The van der Waals surface area contributed by atoms with E-state index in [1.807, 2.05) is 30.3 Å². The van der Waals surface area contributed by atoms with E-state index in [-0.39, 0.29) is 18.1 Å². The van der Waals surface area contributed by atoms with Crippen LogP contribution in [0.1, 0.15) is 23.5 Å². The summed E-state index contributed by atoms with van der Waals surface area (Å²) in [5, 5.41) is 19.0. The van der Waals surface area contributed by atoms with Crippen LogP contribution < -0.4 is 0 Å². The van der Waals surface area contributed by atoms with Crippen molar-refractivity contribution in [2.75, 3.05) is 0 Å². The van der Waals surface area contributed by atoms with E-state index in [9.17, 15) is 9.90 Å². The Bertz CT molecular complexity index is 581. The summed E-state index contributed by atoms with van der Waals surface area (Å²) < 4.78 is 0.812. The monoisotopic (exact) mass is 320 g/mol. The second kappa shape index (κ2) is 5.89. The van der Waals surface area contributed by atoms with Crippen molar-refractivity contribution in [3.8, 4) is 5.75 Å². The van der Waals surface area contributed by atoms with Crippen molar-refractivity contribution in [1.82, 2.24) is 0 Å². The molecule has 0 aliphatic carbocycles. The maximum atomic E-state index is 11.1. The fourth-order valence-electron chi connectivity index (χ4n) is 2.07. The lowest BCUT2D eigenvalue weighted by atomic mass is 9.88. The summed E-state index contributed by atoms with van der Waals surface area (Å²) in [6, 6.07) is 14.4. The third-order valence-electron chi connectivity index (χ3n) is 2.95. The van der Waals surface area contributed by atoms with Gasteiger partial charge in [0.25, 0.3) is 0 Å². The molecule has 19 heavy (non-hydrogen) atoms. The highest BCUT2D eigenvalue weighted by Gasteiger charge is 2.20. The maximum absolute atomic E-state index is 11.1. The lowest BCUT2D eigenvalue weighted by Crippen LogP contribution is -2.08. The second-order valence-corrected chi connectivity index (χ2v) is 5.18. The third-order valence-corrected chi connectivity index (χ3v) is 3.44. The lowest BCUT2D eigenvalue weighted by molar-refractivity contribution is -0.137. The number of carbonyl (C=O) groups is 1. The molecule has 3 nitrogen and oxygen atoms in total. The molecule has 0 fully saturated rings. The number of hydrogen-bond donors (Lipinski definition) is 2. The SMILES string of the molecule is O=C(O)C[C@H](c1ccccc1)c1cc(Br)ccc1O. The average Bonchev–Trinajstić information content (AvgIpc) is 2.40. The van der Waals surface area contributed by atoms with E-state index >= 15 is 0 Å². The Morgan fingerprint density at radius 2 is 1.84 bits per heavy atom. The molecule has 1 atom stereocenters. The van der Waals surface area contributed by atoms with Gasteiger partial charge in [0.1, 0.15) is 5.75 Å². The van der Waals surface area contributed by atoms with Crippen LogP contribution in [-0.2, 0) is 4.79 Å². The minimum Gasteiger partial charge on any atom is -0.508 e. The summed E-state index contributed by atoms with van der Waals surface area (Å²) in [6.07, 6.45) is -0.0615. The van der Waals surface area contributed by atoms with Crippen molar-refractivity contribution in [3.05, 3.63) is 64.1 Å². The number of carboxylic acid groups (broad SMARTS) is 1. The molecule has 2 aromatic rings. The van der Waals surface area contributed by atoms with Gasteiger partial charge in [0.15, 0.2) is 0 Å². The molecular formula is C15H13BrO3. The maximum Gasteiger partial charge on any atom is 0.304 e. The van der Waals surface area contributed by atoms with Gasteiger partial charge in [-0.3, -0.25) is 4.79 Å². The van der Waals surface area contributed by atoms with E-state index in [4.69, 9.17) is 5.11 Å². The first-order valence-electron chi connectivity index (χ1n) is 5.83. The number of phenolic OH excluding ortho intramolecular Hbond substituents is 1. The Hall–Kier alpha value is -1.81.